The van der Waals surface area contributed by atoms with Crippen LogP contribution in [0.4, 0.5) is 14.5 Å². The van der Waals surface area contributed by atoms with Gasteiger partial charge >= 0.3 is 0 Å². The Hall–Kier alpha value is -2.74. The highest BCUT2D eigenvalue weighted by molar-refractivity contribution is 7.07. The third kappa shape index (κ3) is 2.54. The molecule has 0 fully saturated rings. The van der Waals surface area contributed by atoms with Crippen LogP contribution >= 0.6 is 11.3 Å². The van der Waals surface area contributed by atoms with E-state index in [0.717, 1.165) is 12.1 Å². The number of aromatic nitrogens is 1. The van der Waals surface area contributed by atoms with Crippen LogP contribution in [0.2, 0.25) is 0 Å². The van der Waals surface area contributed by atoms with Gasteiger partial charge in [-0.05, 0) is 24.3 Å². The quantitative estimate of drug-likeness (QED) is 0.709. The molecular weight excluding hydrogens is 336 g/mol. The van der Waals surface area contributed by atoms with Crippen molar-refractivity contribution in [2.45, 2.75) is 6.67 Å². The number of benzene rings is 1. The second-order valence-electron chi connectivity index (χ2n) is 5.22. The van der Waals surface area contributed by atoms with Gasteiger partial charge in [-0.15, -0.1) is 0 Å². The molecule has 0 saturated heterocycles. The molecule has 0 atom stereocenters. The van der Waals surface area contributed by atoms with Gasteiger partial charge in [0.1, 0.15) is 19.1 Å². The number of hydrogen-bond donors (Lipinski definition) is 0. The van der Waals surface area contributed by atoms with Gasteiger partial charge < -0.3 is 9.32 Å². The third-order valence-corrected chi connectivity index (χ3v) is 4.71. The van der Waals surface area contributed by atoms with Gasteiger partial charge in [-0.25, -0.2) is 13.8 Å². The minimum Gasteiger partial charge on any atom is -0.465 e. The molecule has 24 heavy (non-hydrogen) atoms. The van der Waals surface area contributed by atoms with Crippen molar-refractivity contribution in [1.29, 1.82) is 0 Å². The second-order valence-corrected chi connectivity index (χ2v) is 6.23. The van der Waals surface area contributed by atoms with Gasteiger partial charge in [-0.2, -0.15) is 0 Å². The van der Waals surface area contributed by atoms with E-state index in [1.54, 1.807) is 23.1 Å². The fourth-order valence-electron chi connectivity index (χ4n) is 2.46. The van der Waals surface area contributed by atoms with Crippen molar-refractivity contribution in [3.8, 4) is 0 Å². The van der Waals surface area contributed by atoms with E-state index in [1.807, 2.05) is 0 Å². The van der Waals surface area contributed by atoms with E-state index >= 15 is 0 Å². The molecule has 0 bridgehead atoms. The minimum absolute atomic E-state index is 0.192. The van der Waals surface area contributed by atoms with Crippen molar-refractivity contribution in [2.75, 3.05) is 11.6 Å². The van der Waals surface area contributed by atoms with Crippen LogP contribution in [0.1, 0.15) is 5.76 Å². The van der Waals surface area contributed by atoms with Gasteiger partial charge in [0.15, 0.2) is 16.4 Å². The predicted molar refractivity (Wildman–Crippen MR) is 85.3 cm³/mol. The molecule has 8 heteroatoms. The van der Waals surface area contributed by atoms with E-state index < -0.39 is 11.6 Å². The Morgan fingerprint density at radius 1 is 1.25 bits per heavy atom. The molecule has 3 heterocycles. The normalized spacial score (nSPS) is 14.6. The fraction of sp³-hybridized carbons (Fsp3) is 0.125. The third-order valence-electron chi connectivity index (χ3n) is 3.66. The van der Waals surface area contributed by atoms with E-state index in [4.69, 9.17) is 4.42 Å². The molecule has 4 rings (SSSR count). The summed E-state index contributed by atoms with van der Waals surface area (Å²) in [6.07, 6.45) is 3.20. The van der Waals surface area contributed by atoms with Crippen molar-refractivity contribution in [3.05, 3.63) is 73.7 Å². The minimum atomic E-state index is -0.928. The van der Waals surface area contributed by atoms with Gasteiger partial charge in [-0.1, -0.05) is 11.3 Å². The summed E-state index contributed by atoms with van der Waals surface area (Å²) >= 11 is 1.27. The summed E-state index contributed by atoms with van der Waals surface area (Å²) in [5.74, 6) is -1.25. The standard InChI is InChI=1S/C16H11F2N3O2S/c17-12-4-3-10(6-13(12)18)20-8-19-16-21(9-20)15(22)14(24-16)7-11-2-1-5-23-11/h1-7H,8-9H2/b14-7-. The predicted octanol–water partition coefficient (Wildman–Crippen LogP) is 1.66. The highest BCUT2D eigenvalue weighted by Gasteiger charge is 2.17. The Bertz CT molecular complexity index is 1070. The van der Waals surface area contributed by atoms with Gasteiger partial charge in [0.2, 0.25) is 0 Å². The maximum atomic E-state index is 13.4. The summed E-state index contributed by atoms with van der Waals surface area (Å²) in [5.41, 5.74) is 0.278. The highest BCUT2D eigenvalue weighted by atomic mass is 32.1. The summed E-state index contributed by atoms with van der Waals surface area (Å²) in [4.78, 5) is 19.2. The van der Waals surface area contributed by atoms with E-state index in [1.165, 1.54) is 28.2 Å². The molecule has 0 aliphatic carbocycles. The molecule has 1 aliphatic heterocycles. The number of fused-ring (bicyclic) bond motifs is 1. The van der Waals surface area contributed by atoms with Crippen LogP contribution in [0.15, 0.2) is 50.8 Å². The van der Waals surface area contributed by atoms with Crippen molar-refractivity contribution >= 4 is 23.1 Å². The van der Waals surface area contributed by atoms with E-state index in [0.29, 0.717) is 20.8 Å². The maximum Gasteiger partial charge on any atom is 0.271 e. The van der Waals surface area contributed by atoms with Gasteiger partial charge in [0.05, 0.1) is 10.8 Å². The molecule has 0 spiro atoms. The van der Waals surface area contributed by atoms with Gasteiger partial charge in [0, 0.05) is 17.8 Å². The Morgan fingerprint density at radius 3 is 2.88 bits per heavy atom. The summed E-state index contributed by atoms with van der Waals surface area (Å²) in [7, 11) is 0. The Morgan fingerprint density at radius 2 is 2.12 bits per heavy atom. The molecule has 122 valence electrons. The lowest BCUT2D eigenvalue weighted by Gasteiger charge is -2.25. The van der Waals surface area contributed by atoms with E-state index in [2.05, 4.69) is 4.99 Å². The number of nitrogens with zero attached hydrogens (tertiary/aromatic N) is 3. The first-order valence-electron chi connectivity index (χ1n) is 7.11. The molecule has 1 aromatic carbocycles. The van der Waals surface area contributed by atoms with Crippen molar-refractivity contribution < 1.29 is 13.2 Å². The van der Waals surface area contributed by atoms with Gasteiger partial charge in [0.25, 0.3) is 5.56 Å². The molecule has 0 saturated carbocycles. The number of halogens is 2. The van der Waals surface area contributed by atoms with E-state index in [9.17, 15) is 13.6 Å². The topological polar surface area (TPSA) is 50.7 Å². The molecular formula is C16H11F2N3O2S. The van der Waals surface area contributed by atoms with Crippen molar-refractivity contribution in [1.82, 2.24) is 4.57 Å². The summed E-state index contributed by atoms with van der Waals surface area (Å²) < 4.78 is 33.7. The average Bonchev–Trinajstić information content (AvgIpc) is 3.19. The zero-order valence-corrected chi connectivity index (χ0v) is 13.1. The maximum absolute atomic E-state index is 13.4. The first-order chi connectivity index (χ1) is 11.6. The van der Waals surface area contributed by atoms with Crippen LogP contribution in [0.5, 0.6) is 0 Å². The fourth-order valence-corrected chi connectivity index (χ4v) is 3.40. The lowest BCUT2D eigenvalue weighted by Crippen LogP contribution is -2.42. The Labute approximate surface area is 138 Å². The lowest BCUT2D eigenvalue weighted by atomic mass is 10.3. The molecule has 0 N–H and O–H groups in total. The number of rotatable bonds is 2. The molecule has 0 unspecified atom stereocenters. The van der Waals surface area contributed by atoms with Crippen molar-refractivity contribution in [3.63, 3.8) is 0 Å². The monoisotopic (exact) mass is 347 g/mol. The zero-order valence-electron chi connectivity index (χ0n) is 12.3. The summed E-state index contributed by atoms with van der Waals surface area (Å²) in [5, 5.41) is 0. The number of furan rings is 1. The summed E-state index contributed by atoms with van der Waals surface area (Å²) in [6, 6.07) is 7.13. The molecule has 0 radical (unpaired) electrons. The molecule has 0 amide bonds. The second kappa shape index (κ2) is 5.72. The molecule has 5 nitrogen and oxygen atoms in total. The molecule has 3 aromatic rings. The van der Waals surface area contributed by atoms with Crippen LogP contribution < -0.4 is 19.8 Å². The summed E-state index contributed by atoms with van der Waals surface area (Å²) in [6.45, 7) is 0.496. The van der Waals surface area contributed by atoms with E-state index in [-0.39, 0.29) is 18.9 Å². The van der Waals surface area contributed by atoms with Crippen LogP contribution in [0, 0.1) is 11.6 Å². The van der Waals surface area contributed by atoms with Crippen LogP contribution in [0.25, 0.3) is 6.08 Å². The molecule has 2 aromatic heterocycles. The van der Waals surface area contributed by atoms with Gasteiger partial charge in [-0.3, -0.25) is 9.36 Å². The number of anilines is 1. The average molecular weight is 347 g/mol. The first-order valence-corrected chi connectivity index (χ1v) is 7.93. The Kier molecular flexibility index (Phi) is 3.53. The zero-order chi connectivity index (χ0) is 16.7. The van der Waals surface area contributed by atoms with Crippen LogP contribution in [-0.2, 0) is 6.67 Å². The van der Waals surface area contributed by atoms with Crippen molar-refractivity contribution in [2.24, 2.45) is 4.99 Å². The lowest BCUT2D eigenvalue weighted by molar-refractivity contribution is 0.506. The Balaban J connectivity index is 1.72. The number of hydrogen-bond acceptors (Lipinski definition) is 5. The van der Waals surface area contributed by atoms with Crippen LogP contribution in [-0.4, -0.2) is 11.2 Å². The van der Waals surface area contributed by atoms with Crippen LogP contribution in [0.3, 0.4) is 0 Å². The SMILES string of the molecule is O=c1/c(=C/c2ccco2)sc2n1CN(c1ccc(F)c(F)c1)CN=2. The number of thiazole rings is 1. The first kappa shape index (κ1) is 14.8. The largest absolute Gasteiger partial charge is 0.465 e. The highest BCUT2D eigenvalue weighted by Crippen LogP contribution is 2.19. The smallest absolute Gasteiger partial charge is 0.271 e. The molecule has 1 aliphatic rings.